The van der Waals surface area contributed by atoms with E-state index in [9.17, 15) is 4.79 Å². The van der Waals surface area contributed by atoms with E-state index in [1.807, 2.05) is 13.8 Å². The molecule has 0 heterocycles. The maximum absolute atomic E-state index is 11.5. The third kappa shape index (κ3) is 9.03. The first-order valence-electron chi connectivity index (χ1n) is 7.75. The topological polar surface area (TPSA) is 76.8 Å². The largest absolute Gasteiger partial charge is 0.383 e. The van der Waals surface area contributed by atoms with Crippen molar-refractivity contribution in [2.75, 3.05) is 53.6 Å². The number of nitrogens with two attached hydrogens (primary N) is 1. The number of nitrogens with zero attached hydrogens (tertiary/aromatic N) is 1. The molecule has 0 saturated heterocycles. The number of amides is 1. The van der Waals surface area contributed by atoms with Gasteiger partial charge in [0.2, 0.25) is 5.91 Å². The van der Waals surface area contributed by atoms with Gasteiger partial charge in [0.1, 0.15) is 0 Å². The second kappa shape index (κ2) is 11.9. The smallest absolute Gasteiger partial charge is 0.237 e. The zero-order valence-electron chi connectivity index (χ0n) is 14.1. The number of unbranched alkanes of at least 4 members (excludes halogenated alkanes) is 1. The molecular formula is C15H33N3O3. The van der Waals surface area contributed by atoms with E-state index >= 15 is 0 Å². The van der Waals surface area contributed by atoms with Crippen LogP contribution in [0.4, 0.5) is 0 Å². The number of methoxy groups -OCH3 is 2. The Morgan fingerprint density at radius 2 is 1.71 bits per heavy atom. The quantitative estimate of drug-likeness (QED) is 0.460. The summed E-state index contributed by atoms with van der Waals surface area (Å²) in [7, 11) is 3.42. The predicted molar refractivity (Wildman–Crippen MR) is 85.3 cm³/mol. The molecule has 1 amide bonds. The number of carbonyl (C=O) groups is 1. The first kappa shape index (κ1) is 20.3. The van der Waals surface area contributed by atoms with Gasteiger partial charge in [-0.3, -0.25) is 9.69 Å². The minimum atomic E-state index is -0.599. The highest BCUT2D eigenvalue weighted by Gasteiger charge is 2.28. The fourth-order valence-corrected chi connectivity index (χ4v) is 2.28. The molecule has 1 unspecified atom stereocenters. The van der Waals surface area contributed by atoms with Crippen molar-refractivity contribution in [3.05, 3.63) is 0 Å². The van der Waals surface area contributed by atoms with E-state index in [2.05, 4.69) is 10.2 Å². The second-order valence-electron chi connectivity index (χ2n) is 5.51. The van der Waals surface area contributed by atoms with E-state index in [4.69, 9.17) is 15.2 Å². The van der Waals surface area contributed by atoms with E-state index in [-0.39, 0.29) is 5.91 Å². The molecular weight excluding hydrogens is 270 g/mol. The maximum atomic E-state index is 11.5. The summed E-state index contributed by atoms with van der Waals surface area (Å²) in [4.78, 5) is 13.9. The first-order chi connectivity index (χ1) is 10.00. The van der Waals surface area contributed by atoms with Crippen molar-refractivity contribution < 1.29 is 14.3 Å². The summed E-state index contributed by atoms with van der Waals surface area (Å²) in [6, 6.07) is 0. The first-order valence-corrected chi connectivity index (χ1v) is 7.75. The number of primary amides is 1. The highest BCUT2D eigenvalue weighted by molar-refractivity contribution is 5.84. The number of likely N-dealkylation sites (N-methyl/N-ethyl adjacent to an activating group) is 1. The lowest BCUT2D eigenvalue weighted by Gasteiger charge is -2.27. The summed E-state index contributed by atoms with van der Waals surface area (Å²) in [6.45, 7) is 8.84. The van der Waals surface area contributed by atoms with Gasteiger partial charge >= 0.3 is 0 Å². The molecule has 0 radical (unpaired) electrons. The third-order valence-corrected chi connectivity index (χ3v) is 3.74. The van der Waals surface area contributed by atoms with Crippen LogP contribution in [-0.2, 0) is 14.3 Å². The van der Waals surface area contributed by atoms with Crippen LogP contribution in [0.5, 0.6) is 0 Å². The summed E-state index contributed by atoms with van der Waals surface area (Å²) in [5, 5.41) is 3.19. The lowest BCUT2D eigenvalue weighted by atomic mass is 9.94. The number of nitrogens with one attached hydrogen (secondary N) is 1. The van der Waals surface area contributed by atoms with Crippen molar-refractivity contribution in [2.24, 2.45) is 5.73 Å². The summed E-state index contributed by atoms with van der Waals surface area (Å²) in [5.74, 6) is -0.278. The van der Waals surface area contributed by atoms with Crippen LogP contribution in [0.25, 0.3) is 0 Å². The molecule has 0 aliphatic carbocycles. The molecule has 0 aliphatic rings. The van der Waals surface area contributed by atoms with Gasteiger partial charge in [-0.05, 0) is 39.3 Å². The Morgan fingerprint density at radius 3 is 2.14 bits per heavy atom. The van der Waals surface area contributed by atoms with Crippen LogP contribution in [0.1, 0.15) is 33.1 Å². The van der Waals surface area contributed by atoms with Crippen LogP contribution in [0.2, 0.25) is 0 Å². The Bertz CT molecular complexity index is 269. The molecule has 0 rings (SSSR count). The monoisotopic (exact) mass is 303 g/mol. The van der Waals surface area contributed by atoms with Gasteiger partial charge in [0.25, 0.3) is 0 Å². The molecule has 0 fully saturated rings. The van der Waals surface area contributed by atoms with E-state index < -0.39 is 5.54 Å². The normalized spacial score (nSPS) is 14.3. The highest BCUT2D eigenvalue weighted by Crippen LogP contribution is 2.13. The van der Waals surface area contributed by atoms with Crippen LogP contribution in [-0.4, -0.2) is 70.0 Å². The van der Waals surface area contributed by atoms with Crippen LogP contribution in [0, 0.1) is 0 Å². The highest BCUT2D eigenvalue weighted by atomic mass is 16.5. The van der Waals surface area contributed by atoms with Gasteiger partial charge in [0.15, 0.2) is 0 Å². The van der Waals surface area contributed by atoms with Gasteiger partial charge in [-0.25, -0.2) is 0 Å². The third-order valence-electron chi connectivity index (χ3n) is 3.74. The van der Waals surface area contributed by atoms with Crippen LogP contribution >= 0.6 is 0 Å². The molecule has 0 aromatic heterocycles. The fourth-order valence-electron chi connectivity index (χ4n) is 2.28. The van der Waals surface area contributed by atoms with Crippen molar-refractivity contribution in [3.63, 3.8) is 0 Å². The Morgan fingerprint density at radius 1 is 1.14 bits per heavy atom. The average molecular weight is 303 g/mol. The van der Waals surface area contributed by atoms with Crippen molar-refractivity contribution in [1.29, 1.82) is 0 Å². The Hall–Kier alpha value is -0.690. The Labute approximate surface area is 129 Å². The molecule has 0 aromatic rings. The van der Waals surface area contributed by atoms with Gasteiger partial charge in [-0.1, -0.05) is 6.92 Å². The number of ether oxygens (including phenoxy) is 2. The summed E-state index contributed by atoms with van der Waals surface area (Å²) < 4.78 is 10.2. The molecule has 21 heavy (non-hydrogen) atoms. The predicted octanol–water partition coefficient (Wildman–Crippen LogP) is 0.605. The van der Waals surface area contributed by atoms with Crippen LogP contribution in [0.15, 0.2) is 0 Å². The van der Waals surface area contributed by atoms with Crippen molar-refractivity contribution in [2.45, 2.75) is 38.6 Å². The van der Waals surface area contributed by atoms with E-state index in [1.165, 1.54) is 0 Å². The maximum Gasteiger partial charge on any atom is 0.237 e. The Kier molecular flexibility index (Phi) is 11.5. The van der Waals surface area contributed by atoms with Gasteiger partial charge in [-0.15, -0.1) is 0 Å². The van der Waals surface area contributed by atoms with E-state index in [1.54, 1.807) is 14.2 Å². The minimum absolute atomic E-state index is 0.278. The standard InChI is InChI=1S/C15H33N3O3/c1-5-17-15(2,14(16)19)8-6-7-9-18(10-12-20-3)11-13-21-4/h17H,5-13H2,1-4H3,(H2,16,19). The summed E-state index contributed by atoms with van der Waals surface area (Å²) in [5.41, 5.74) is 4.89. The zero-order chi connectivity index (χ0) is 16.1. The average Bonchev–Trinajstić information content (AvgIpc) is 2.45. The van der Waals surface area contributed by atoms with Gasteiger partial charge < -0.3 is 20.5 Å². The molecule has 3 N–H and O–H groups in total. The SMILES string of the molecule is CCNC(C)(CCCCN(CCOC)CCOC)C(N)=O. The molecule has 6 nitrogen and oxygen atoms in total. The molecule has 0 bridgehead atoms. The lowest BCUT2D eigenvalue weighted by Crippen LogP contribution is -2.53. The van der Waals surface area contributed by atoms with E-state index in [0.717, 1.165) is 58.7 Å². The van der Waals surface area contributed by atoms with Gasteiger partial charge in [0.05, 0.1) is 18.8 Å². The second-order valence-corrected chi connectivity index (χ2v) is 5.51. The fraction of sp³-hybridized carbons (Fsp3) is 0.933. The molecule has 1 atom stereocenters. The number of carbonyl (C=O) groups excluding carboxylic acids is 1. The van der Waals surface area contributed by atoms with Crippen LogP contribution in [0.3, 0.4) is 0 Å². The molecule has 0 aliphatic heterocycles. The van der Waals surface area contributed by atoms with Crippen molar-refractivity contribution >= 4 is 5.91 Å². The number of hydrogen-bond acceptors (Lipinski definition) is 5. The van der Waals surface area contributed by atoms with Crippen molar-refractivity contribution in [1.82, 2.24) is 10.2 Å². The molecule has 6 heteroatoms. The van der Waals surface area contributed by atoms with Crippen molar-refractivity contribution in [3.8, 4) is 0 Å². The van der Waals surface area contributed by atoms with Gasteiger partial charge in [0, 0.05) is 27.3 Å². The van der Waals surface area contributed by atoms with Crippen LogP contribution < -0.4 is 11.1 Å². The molecule has 126 valence electrons. The number of rotatable bonds is 14. The Balaban J connectivity index is 4.08. The summed E-state index contributed by atoms with van der Waals surface area (Å²) >= 11 is 0. The van der Waals surface area contributed by atoms with Gasteiger partial charge in [-0.2, -0.15) is 0 Å². The molecule has 0 spiro atoms. The molecule has 0 saturated carbocycles. The minimum Gasteiger partial charge on any atom is -0.383 e. The lowest BCUT2D eigenvalue weighted by molar-refractivity contribution is -0.124. The van der Waals surface area contributed by atoms with E-state index in [0.29, 0.717) is 0 Å². The number of hydrogen-bond donors (Lipinski definition) is 2. The molecule has 0 aromatic carbocycles. The zero-order valence-corrected chi connectivity index (χ0v) is 14.1. The summed E-state index contributed by atoms with van der Waals surface area (Å²) in [6.07, 6.45) is 2.75.